The Morgan fingerprint density at radius 1 is 1.44 bits per heavy atom. The van der Waals surface area contributed by atoms with Crippen molar-refractivity contribution in [3.63, 3.8) is 0 Å². The number of nitrogens with zero attached hydrogens (tertiary/aromatic N) is 3. The van der Waals surface area contributed by atoms with Crippen LogP contribution in [-0.4, -0.2) is 54.6 Å². The molecular weight excluding hydrogens is 214 g/mol. The predicted octanol–water partition coefficient (Wildman–Crippen LogP) is -0.103. The van der Waals surface area contributed by atoms with Gasteiger partial charge in [-0.05, 0) is 0 Å². The Bertz CT molecular complexity index is 399. The number of oxazole rings is 1. The van der Waals surface area contributed by atoms with Crippen LogP contribution in [0.5, 0.6) is 0 Å². The zero-order valence-electron chi connectivity index (χ0n) is 9.30. The van der Waals surface area contributed by atoms with Gasteiger partial charge in [0.2, 0.25) is 5.91 Å². The Kier molecular flexibility index (Phi) is 3.49. The number of likely N-dealkylation sites (N-methyl/N-ethyl adjacent to an activating group) is 2. The number of carboxylic acids is 1. The molecule has 1 heterocycles. The van der Waals surface area contributed by atoms with Gasteiger partial charge in [0.05, 0.1) is 0 Å². The van der Waals surface area contributed by atoms with E-state index in [0.717, 1.165) is 6.26 Å². The van der Waals surface area contributed by atoms with Crippen molar-refractivity contribution in [1.29, 1.82) is 0 Å². The van der Waals surface area contributed by atoms with Gasteiger partial charge in [0.15, 0.2) is 5.69 Å². The highest BCUT2D eigenvalue weighted by atomic mass is 16.4. The number of rotatable bonds is 4. The lowest BCUT2D eigenvalue weighted by Gasteiger charge is -2.16. The van der Waals surface area contributed by atoms with Crippen LogP contribution < -0.4 is 4.90 Å². The van der Waals surface area contributed by atoms with Crippen molar-refractivity contribution in [2.24, 2.45) is 0 Å². The zero-order chi connectivity index (χ0) is 12.3. The van der Waals surface area contributed by atoms with Crippen molar-refractivity contribution >= 4 is 17.9 Å². The summed E-state index contributed by atoms with van der Waals surface area (Å²) in [5, 5.41) is 8.63. The first kappa shape index (κ1) is 12.0. The highest BCUT2D eigenvalue weighted by Crippen LogP contribution is 2.11. The molecule has 1 aromatic rings. The summed E-state index contributed by atoms with van der Waals surface area (Å²) < 4.78 is 4.93. The van der Waals surface area contributed by atoms with Gasteiger partial charge >= 0.3 is 5.97 Å². The van der Waals surface area contributed by atoms with Gasteiger partial charge < -0.3 is 19.3 Å². The smallest absolute Gasteiger partial charge is 0.357 e. The largest absolute Gasteiger partial charge is 0.476 e. The quantitative estimate of drug-likeness (QED) is 0.772. The van der Waals surface area contributed by atoms with E-state index in [-0.39, 0.29) is 24.2 Å². The Balaban J connectivity index is 2.69. The first-order valence-corrected chi connectivity index (χ1v) is 4.52. The van der Waals surface area contributed by atoms with Gasteiger partial charge in [0.1, 0.15) is 12.8 Å². The van der Waals surface area contributed by atoms with Crippen molar-refractivity contribution in [3.05, 3.63) is 12.0 Å². The minimum atomic E-state index is -1.16. The molecule has 0 aliphatic carbocycles. The second-order valence-corrected chi connectivity index (χ2v) is 3.46. The van der Waals surface area contributed by atoms with Crippen LogP contribution in [0.4, 0.5) is 6.01 Å². The van der Waals surface area contributed by atoms with Crippen molar-refractivity contribution in [2.75, 3.05) is 32.6 Å². The molecule has 7 heteroatoms. The van der Waals surface area contributed by atoms with Gasteiger partial charge in [-0.3, -0.25) is 4.79 Å². The highest BCUT2D eigenvalue weighted by Gasteiger charge is 2.16. The third-order valence-corrected chi connectivity index (χ3v) is 1.91. The third kappa shape index (κ3) is 2.72. The maximum absolute atomic E-state index is 11.4. The Morgan fingerprint density at radius 3 is 2.50 bits per heavy atom. The molecule has 0 spiro atoms. The standard InChI is InChI=1S/C9H13N3O4/c1-11(2)7(13)4-12(3)9-10-6(5-16-9)8(14)15/h5H,4H2,1-3H3,(H,14,15). The molecule has 0 aliphatic heterocycles. The average Bonchev–Trinajstić information content (AvgIpc) is 2.65. The van der Waals surface area contributed by atoms with Crippen LogP contribution in [-0.2, 0) is 4.79 Å². The van der Waals surface area contributed by atoms with E-state index >= 15 is 0 Å². The number of carbonyl (C=O) groups is 2. The fourth-order valence-electron chi connectivity index (χ4n) is 0.950. The molecule has 1 aromatic heterocycles. The van der Waals surface area contributed by atoms with Crippen LogP contribution in [0, 0.1) is 0 Å². The minimum absolute atomic E-state index is 0.0760. The van der Waals surface area contributed by atoms with E-state index < -0.39 is 5.97 Å². The number of hydrogen-bond acceptors (Lipinski definition) is 5. The summed E-state index contributed by atoms with van der Waals surface area (Å²) in [6.07, 6.45) is 1.04. The second-order valence-electron chi connectivity index (χ2n) is 3.46. The number of carbonyl (C=O) groups excluding carboxylic acids is 1. The summed E-state index contributed by atoms with van der Waals surface area (Å²) in [5.41, 5.74) is -0.181. The molecule has 0 saturated carbocycles. The highest BCUT2D eigenvalue weighted by molar-refractivity contribution is 5.85. The van der Waals surface area contributed by atoms with E-state index in [4.69, 9.17) is 9.52 Å². The maximum atomic E-state index is 11.4. The summed E-state index contributed by atoms with van der Waals surface area (Å²) in [7, 11) is 4.86. The van der Waals surface area contributed by atoms with Gasteiger partial charge in [0, 0.05) is 21.1 Å². The summed E-state index contributed by atoms with van der Waals surface area (Å²) >= 11 is 0. The number of anilines is 1. The lowest BCUT2D eigenvalue weighted by molar-refractivity contribution is -0.127. The number of aromatic nitrogens is 1. The van der Waals surface area contributed by atoms with Gasteiger partial charge in [-0.2, -0.15) is 4.98 Å². The van der Waals surface area contributed by atoms with Crippen molar-refractivity contribution < 1.29 is 19.1 Å². The molecule has 0 aromatic carbocycles. The van der Waals surface area contributed by atoms with E-state index in [1.54, 1.807) is 21.1 Å². The minimum Gasteiger partial charge on any atom is -0.476 e. The lowest BCUT2D eigenvalue weighted by atomic mass is 10.5. The third-order valence-electron chi connectivity index (χ3n) is 1.91. The van der Waals surface area contributed by atoms with Gasteiger partial charge in [-0.25, -0.2) is 4.79 Å². The fourth-order valence-corrected chi connectivity index (χ4v) is 0.950. The molecule has 0 radical (unpaired) electrons. The lowest BCUT2D eigenvalue weighted by Crippen LogP contribution is -2.34. The molecule has 0 bridgehead atoms. The SMILES string of the molecule is CN(C)C(=O)CN(C)c1nc(C(=O)O)co1. The Morgan fingerprint density at radius 2 is 2.06 bits per heavy atom. The Hall–Kier alpha value is -2.05. The van der Waals surface area contributed by atoms with Crippen LogP contribution in [0.25, 0.3) is 0 Å². The molecule has 1 rings (SSSR count). The topological polar surface area (TPSA) is 86.9 Å². The monoisotopic (exact) mass is 227 g/mol. The van der Waals surface area contributed by atoms with E-state index in [1.807, 2.05) is 0 Å². The summed E-state index contributed by atoms with van der Waals surface area (Å²) in [4.78, 5) is 28.5. The van der Waals surface area contributed by atoms with Crippen LogP contribution >= 0.6 is 0 Å². The van der Waals surface area contributed by atoms with Crippen molar-refractivity contribution in [2.45, 2.75) is 0 Å². The van der Waals surface area contributed by atoms with Gasteiger partial charge in [-0.15, -0.1) is 0 Å². The maximum Gasteiger partial charge on any atom is 0.357 e. The van der Waals surface area contributed by atoms with Crippen molar-refractivity contribution in [3.8, 4) is 0 Å². The molecule has 0 unspecified atom stereocenters. The Labute approximate surface area is 92.3 Å². The van der Waals surface area contributed by atoms with Crippen LogP contribution in [0.3, 0.4) is 0 Å². The molecule has 16 heavy (non-hydrogen) atoms. The number of amides is 1. The molecule has 0 aliphatic rings. The van der Waals surface area contributed by atoms with Gasteiger partial charge in [-0.1, -0.05) is 0 Å². The van der Waals surface area contributed by atoms with Crippen molar-refractivity contribution in [1.82, 2.24) is 9.88 Å². The van der Waals surface area contributed by atoms with E-state index in [1.165, 1.54) is 9.80 Å². The predicted molar refractivity (Wildman–Crippen MR) is 55.4 cm³/mol. The van der Waals surface area contributed by atoms with Gasteiger partial charge in [0.25, 0.3) is 6.01 Å². The molecule has 0 atom stereocenters. The number of carboxylic acid groups (broad SMARTS) is 1. The number of hydrogen-bond donors (Lipinski definition) is 1. The molecular formula is C9H13N3O4. The second kappa shape index (κ2) is 4.65. The summed E-state index contributed by atoms with van der Waals surface area (Å²) in [6, 6.07) is 0.104. The van der Waals surface area contributed by atoms with E-state index in [0.29, 0.717) is 0 Å². The average molecular weight is 227 g/mol. The molecule has 88 valence electrons. The fraction of sp³-hybridized carbons (Fsp3) is 0.444. The molecule has 0 fully saturated rings. The van der Waals surface area contributed by atoms with Crippen LogP contribution in [0.2, 0.25) is 0 Å². The summed E-state index contributed by atoms with van der Waals surface area (Å²) in [6.45, 7) is 0.0760. The van der Waals surface area contributed by atoms with Crippen LogP contribution in [0.1, 0.15) is 10.5 Å². The summed E-state index contributed by atoms with van der Waals surface area (Å²) in [5.74, 6) is -1.29. The van der Waals surface area contributed by atoms with E-state index in [2.05, 4.69) is 4.98 Å². The first-order chi connectivity index (χ1) is 7.41. The molecule has 1 amide bonds. The van der Waals surface area contributed by atoms with E-state index in [9.17, 15) is 9.59 Å². The number of aromatic carboxylic acids is 1. The zero-order valence-corrected chi connectivity index (χ0v) is 9.30. The normalized spacial score (nSPS) is 9.94. The molecule has 0 saturated heterocycles. The first-order valence-electron chi connectivity index (χ1n) is 4.52. The molecule has 1 N–H and O–H groups in total. The van der Waals surface area contributed by atoms with Crippen LogP contribution in [0.15, 0.2) is 10.7 Å². The molecule has 7 nitrogen and oxygen atoms in total.